The summed E-state index contributed by atoms with van der Waals surface area (Å²) in [5.41, 5.74) is 5.33. The smallest absolute Gasteiger partial charge is 0.251 e. The fourth-order valence-electron chi connectivity index (χ4n) is 1.26. The molecule has 1 rings (SSSR count). The zero-order valence-corrected chi connectivity index (χ0v) is 8.87. The van der Waals surface area contributed by atoms with Crippen molar-refractivity contribution in [3.8, 4) is 0 Å². The van der Waals surface area contributed by atoms with Crippen LogP contribution in [0.5, 0.6) is 0 Å². The first-order valence-corrected chi connectivity index (χ1v) is 4.84. The van der Waals surface area contributed by atoms with E-state index in [2.05, 4.69) is 5.32 Å². The Bertz CT molecular complexity index is 389. The summed E-state index contributed by atoms with van der Waals surface area (Å²) in [6, 6.07) is 4.82. The maximum Gasteiger partial charge on any atom is 0.251 e. The van der Waals surface area contributed by atoms with Gasteiger partial charge in [0.25, 0.3) is 5.91 Å². The monoisotopic (exact) mass is 224 g/mol. The molecule has 0 aliphatic carbocycles. The highest BCUT2D eigenvalue weighted by atomic mass is 19.1. The highest BCUT2D eigenvalue weighted by molar-refractivity contribution is 5.94. The highest BCUT2D eigenvalue weighted by Crippen LogP contribution is 2.03. The molecule has 1 aromatic rings. The minimum atomic E-state index is -0.480. The van der Waals surface area contributed by atoms with Crippen molar-refractivity contribution in [2.24, 2.45) is 5.73 Å². The molecule has 0 radical (unpaired) electrons. The Hall–Kier alpha value is -1.91. The number of primary amides is 1. The number of nitrogens with one attached hydrogen (secondary N) is 1. The number of carbonyl (C=O) groups excluding carboxylic acids is 2. The second kappa shape index (κ2) is 5.25. The lowest BCUT2D eigenvalue weighted by Gasteiger charge is -2.11. The van der Waals surface area contributed by atoms with Crippen LogP contribution >= 0.6 is 0 Å². The Morgan fingerprint density at radius 3 is 2.44 bits per heavy atom. The van der Waals surface area contributed by atoms with Gasteiger partial charge in [0.15, 0.2) is 0 Å². The van der Waals surface area contributed by atoms with E-state index in [0.717, 1.165) is 0 Å². The lowest BCUT2D eigenvalue weighted by atomic mass is 10.1. The molecule has 0 fully saturated rings. The first-order chi connectivity index (χ1) is 7.49. The van der Waals surface area contributed by atoms with Gasteiger partial charge in [-0.3, -0.25) is 9.59 Å². The van der Waals surface area contributed by atoms with E-state index in [4.69, 9.17) is 5.73 Å². The van der Waals surface area contributed by atoms with Crippen molar-refractivity contribution in [2.45, 2.75) is 19.4 Å². The fraction of sp³-hybridized carbons (Fsp3) is 0.273. The van der Waals surface area contributed by atoms with Crippen LogP contribution in [0.2, 0.25) is 0 Å². The number of halogens is 1. The van der Waals surface area contributed by atoms with Crippen LogP contribution in [0.1, 0.15) is 23.7 Å². The third-order valence-electron chi connectivity index (χ3n) is 1.99. The van der Waals surface area contributed by atoms with Crippen molar-refractivity contribution in [1.82, 2.24) is 5.32 Å². The number of carbonyl (C=O) groups is 2. The third kappa shape index (κ3) is 3.68. The van der Waals surface area contributed by atoms with Crippen molar-refractivity contribution in [1.29, 1.82) is 0 Å². The molecule has 4 nitrogen and oxygen atoms in total. The lowest BCUT2D eigenvalue weighted by molar-refractivity contribution is -0.118. The van der Waals surface area contributed by atoms with Crippen LogP contribution in [0.15, 0.2) is 24.3 Å². The predicted molar refractivity (Wildman–Crippen MR) is 57.1 cm³/mol. The summed E-state index contributed by atoms with van der Waals surface area (Å²) in [5, 5.41) is 2.58. The molecule has 0 aliphatic rings. The van der Waals surface area contributed by atoms with E-state index in [1.54, 1.807) is 6.92 Å². The Balaban J connectivity index is 2.58. The van der Waals surface area contributed by atoms with Gasteiger partial charge in [-0.25, -0.2) is 4.39 Å². The molecule has 0 saturated carbocycles. The maximum absolute atomic E-state index is 12.6. The van der Waals surface area contributed by atoms with Gasteiger partial charge in [-0.1, -0.05) is 0 Å². The molecule has 0 bridgehead atoms. The molecule has 0 aliphatic heterocycles. The van der Waals surface area contributed by atoms with Crippen molar-refractivity contribution >= 4 is 11.8 Å². The minimum absolute atomic E-state index is 0.0763. The molecule has 3 N–H and O–H groups in total. The van der Waals surface area contributed by atoms with Gasteiger partial charge in [-0.05, 0) is 31.2 Å². The standard InChI is InChI=1S/C11H13FN2O2/c1-7(6-10(13)15)14-11(16)8-2-4-9(12)5-3-8/h2-5,7H,6H2,1H3,(H2,13,15)(H,14,16). The van der Waals surface area contributed by atoms with Crippen LogP contribution in [0, 0.1) is 5.82 Å². The number of hydrogen-bond donors (Lipinski definition) is 2. The first-order valence-electron chi connectivity index (χ1n) is 4.84. The summed E-state index contributed by atoms with van der Waals surface area (Å²) in [4.78, 5) is 22.2. The SMILES string of the molecule is CC(CC(N)=O)NC(=O)c1ccc(F)cc1. The van der Waals surface area contributed by atoms with Crippen molar-refractivity contribution in [2.75, 3.05) is 0 Å². The van der Waals surface area contributed by atoms with E-state index in [-0.39, 0.29) is 18.4 Å². The van der Waals surface area contributed by atoms with Gasteiger partial charge in [0.1, 0.15) is 5.82 Å². The third-order valence-corrected chi connectivity index (χ3v) is 1.99. The molecular weight excluding hydrogens is 211 g/mol. The average Bonchev–Trinajstić information content (AvgIpc) is 2.16. The highest BCUT2D eigenvalue weighted by Gasteiger charge is 2.11. The normalized spacial score (nSPS) is 11.9. The number of nitrogens with two attached hydrogens (primary N) is 1. The molecule has 0 heterocycles. The second-order valence-corrected chi connectivity index (χ2v) is 3.55. The Labute approximate surface area is 92.6 Å². The van der Waals surface area contributed by atoms with E-state index < -0.39 is 11.7 Å². The van der Waals surface area contributed by atoms with Crippen LogP contribution in [0.3, 0.4) is 0 Å². The second-order valence-electron chi connectivity index (χ2n) is 3.55. The number of hydrogen-bond acceptors (Lipinski definition) is 2. The molecule has 16 heavy (non-hydrogen) atoms. The van der Waals surface area contributed by atoms with Gasteiger partial charge in [-0.15, -0.1) is 0 Å². The largest absolute Gasteiger partial charge is 0.370 e. The summed E-state index contributed by atoms with van der Waals surface area (Å²) in [7, 11) is 0. The molecule has 0 spiro atoms. The Kier molecular flexibility index (Phi) is 3.99. The van der Waals surface area contributed by atoms with Gasteiger partial charge < -0.3 is 11.1 Å². The van der Waals surface area contributed by atoms with Crippen LogP contribution in [-0.2, 0) is 4.79 Å². The van der Waals surface area contributed by atoms with Gasteiger partial charge in [0, 0.05) is 18.0 Å². The molecule has 0 aromatic heterocycles. The molecule has 5 heteroatoms. The minimum Gasteiger partial charge on any atom is -0.370 e. The van der Waals surface area contributed by atoms with E-state index in [0.29, 0.717) is 5.56 Å². The van der Waals surface area contributed by atoms with Crippen LogP contribution < -0.4 is 11.1 Å². The Morgan fingerprint density at radius 2 is 1.94 bits per heavy atom. The number of benzene rings is 1. The summed E-state index contributed by atoms with van der Waals surface area (Å²) in [6.07, 6.45) is 0.0763. The predicted octanol–water partition coefficient (Wildman–Crippen LogP) is 0.819. The summed E-state index contributed by atoms with van der Waals surface area (Å²) < 4.78 is 12.6. The van der Waals surface area contributed by atoms with E-state index in [1.165, 1.54) is 24.3 Å². The van der Waals surface area contributed by atoms with Gasteiger partial charge >= 0.3 is 0 Å². The van der Waals surface area contributed by atoms with Gasteiger partial charge in [0.2, 0.25) is 5.91 Å². The molecule has 1 unspecified atom stereocenters. The quantitative estimate of drug-likeness (QED) is 0.794. The van der Waals surface area contributed by atoms with Crippen molar-refractivity contribution in [3.05, 3.63) is 35.6 Å². The molecule has 1 atom stereocenters. The zero-order valence-electron chi connectivity index (χ0n) is 8.87. The number of rotatable bonds is 4. The van der Waals surface area contributed by atoms with Crippen molar-refractivity contribution in [3.63, 3.8) is 0 Å². The van der Waals surface area contributed by atoms with Gasteiger partial charge in [0.05, 0.1) is 0 Å². The Morgan fingerprint density at radius 1 is 1.38 bits per heavy atom. The van der Waals surface area contributed by atoms with Crippen LogP contribution in [0.4, 0.5) is 4.39 Å². The van der Waals surface area contributed by atoms with Crippen LogP contribution in [0.25, 0.3) is 0 Å². The molecular formula is C11H13FN2O2. The van der Waals surface area contributed by atoms with E-state index >= 15 is 0 Å². The van der Waals surface area contributed by atoms with Crippen LogP contribution in [-0.4, -0.2) is 17.9 Å². The molecule has 2 amide bonds. The van der Waals surface area contributed by atoms with Gasteiger partial charge in [-0.2, -0.15) is 0 Å². The lowest BCUT2D eigenvalue weighted by Crippen LogP contribution is -2.35. The fourth-order valence-corrected chi connectivity index (χ4v) is 1.26. The van der Waals surface area contributed by atoms with E-state index in [1.807, 2.05) is 0 Å². The maximum atomic E-state index is 12.6. The topological polar surface area (TPSA) is 72.2 Å². The van der Waals surface area contributed by atoms with Crippen molar-refractivity contribution < 1.29 is 14.0 Å². The summed E-state index contributed by atoms with van der Waals surface area (Å²) >= 11 is 0. The zero-order chi connectivity index (χ0) is 12.1. The molecule has 0 saturated heterocycles. The summed E-state index contributed by atoms with van der Waals surface area (Å²) in [5.74, 6) is -1.23. The van der Waals surface area contributed by atoms with E-state index in [9.17, 15) is 14.0 Å². The first kappa shape index (κ1) is 12.2. The molecule has 1 aromatic carbocycles. The average molecular weight is 224 g/mol. The summed E-state index contributed by atoms with van der Waals surface area (Å²) in [6.45, 7) is 1.67. The molecule has 86 valence electrons. The number of amides is 2.